The summed E-state index contributed by atoms with van der Waals surface area (Å²) in [6.07, 6.45) is 1.92. The summed E-state index contributed by atoms with van der Waals surface area (Å²) in [5.41, 5.74) is 12.7. The normalized spacial score (nSPS) is 13.0. The number of ether oxygens (including phenoxy) is 1. The van der Waals surface area contributed by atoms with Gasteiger partial charge in [-0.1, -0.05) is 158 Å². The van der Waals surface area contributed by atoms with Crippen LogP contribution in [0.3, 0.4) is 0 Å². The smallest absolute Gasteiger partial charge is 0.135 e. The molecule has 1 aliphatic heterocycles. The predicted molar refractivity (Wildman–Crippen MR) is 266 cm³/mol. The molecule has 0 radical (unpaired) electrons. The molecule has 328 valence electrons. The van der Waals surface area contributed by atoms with Gasteiger partial charge in [0.15, 0.2) is 0 Å². The molecule has 0 fully saturated rings. The van der Waals surface area contributed by atoms with Crippen LogP contribution in [0.4, 0.5) is 22.7 Å². The largest absolute Gasteiger partial charge is 0.509 e. The first-order chi connectivity index (χ1) is 30.7. The van der Waals surface area contributed by atoms with Crippen molar-refractivity contribution in [2.24, 2.45) is 0 Å². The van der Waals surface area contributed by atoms with Crippen molar-refractivity contribution in [2.45, 2.75) is 71.6 Å². The van der Waals surface area contributed by atoms with Gasteiger partial charge >= 0.3 is 0 Å². The maximum absolute atomic E-state index is 7.14. The van der Waals surface area contributed by atoms with Gasteiger partial charge in [-0.15, -0.1) is 47.6 Å². The molecule has 0 bridgehead atoms. The van der Waals surface area contributed by atoms with Crippen LogP contribution in [0.5, 0.6) is 11.5 Å². The molecule has 0 amide bonds. The van der Waals surface area contributed by atoms with Crippen molar-refractivity contribution >= 4 is 44.6 Å². The van der Waals surface area contributed by atoms with Gasteiger partial charge in [0.25, 0.3) is 0 Å². The van der Waals surface area contributed by atoms with Gasteiger partial charge in [0, 0.05) is 61.3 Å². The van der Waals surface area contributed by atoms with Gasteiger partial charge in [-0.2, -0.15) is 12.1 Å². The van der Waals surface area contributed by atoms with E-state index in [0.717, 1.165) is 61.5 Å². The zero-order valence-corrected chi connectivity index (χ0v) is 40.5. The first-order valence-corrected chi connectivity index (χ1v) is 22.2. The number of hydrogen-bond donors (Lipinski definition) is 0. The predicted octanol–water partition coefficient (Wildman–Crippen LogP) is 15.6. The summed E-state index contributed by atoms with van der Waals surface area (Å²) in [5, 5.41) is 2.20. The van der Waals surface area contributed by atoms with E-state index in [1.165, 1.54) is 22.3 Å². The van der Waals surface area contributed by atoms with E-state index in [1.807, 2.05) is 12.3 Å². The minimum absolute atomic E-state index is 0. The van der Waals surface area contributed by atoms with E-state index in [9.17, 15) is 0 Å². The summed E-state index contributed by atoms with van der Waals surface area (Å²) in [6, 6.07) is 65.7. The van der Waals surface area contributed by atoms with Gasteiger partial charge in [0.05, 0.1) is 0 Å². The fourth-order valence-electron chi connectivity index (χ4n) is 8.97. The maximum Gasteiger partial charge on any atom is 0.135 e. The van der Waals surface area contributed by atoms with E-state index in [0.29, 0.717) is 11.5 Å². The Kier molecular flexibility index (Phi) is 11.4. The molecule has 3 heterocycles. The molecular weight excluding hydrogens is 976 g/mol. The molecule has 7 aromatic carbocycles. The van der Waals surface area contributed by atoms with Crippen molar-refractivity contribution in [3.8, 4) is 28.4 Å². The topological polar surface area (TPSA) is 33.5 Å². The fourth-order valence-corrected chi connectivity index (χ4v) is 8.97. The number of benzene rings is 7. The number of rotatable bonds is 8. The molecule has 1 aliphatic rings. The van der Waals surface area contributed by atoms with Gasteiger partial charge < -0.3 is 19.1 Å². The Morgan fingerprint density at radius 2 is 1.20 bits per heavy atom. The summed E-state index contributed by atoms with van der Waals surface area (Å²) in [6.45, 7) is 20.2. The molecule has 65 heavy (non-hydrogen) atoms. The van der Waals surface area contributed by atoms with Crippen LogP contribution in [0.15, 0.2) is 170 Å². The van der Waals surface area contributed by atoms with Gasteiger partial charge in [0.1, 0.15) is 5.82 Å². The molecule has 6 heteroatoms. The second kappa shape index (κ2) is 16.9. The van der Waals surface area contributed by atoms with Gasteiger partial charge in [-0.05, 0) is 91.9 Å². The fraction of sp³-hybridized carbons (Fsp3) is 0.186. The first kappa shape index (κ1) is 43.8. The summed E-state index contributed by atoms with van der Waals surface area (Å²) in [4.78, 5) is 9.46. The second-order valence-corrected chi connectivity index (χ2v) is 19.5. The monoisotopic (exact) mass is 1030 g/mol. The SMILES string of the molecule is CC(C)(C)c1cccc(N2[CH-]N(c3[c-]c(Oc4[c-]c5c(cc4)c4cc(-c6ccccc6)ccc4n5-c4cc(C(C)(C)C)ccn4)c(C(C)(C)c4ccccc4)cc3)c3ccccc32)c1.[Pt]. The van der Waals surface area contributed by atoms with Crippen molar-refractivity contribution in [2.75, 3.05) is 9.80 Å². The van der Waals surface area contributed by atoms with E-state index in [-0.39, 0.29) is 31.9 Å². The Morgan fingerprint density at radius 3 is 1.92 bits per heavy atom. The number of aromatic nitrogens is 2. The average Bonchev–Trinajstić information content (AvgIpc) is 3.85. The molecule has 2 aromatic heterocycles. The van der Waals surface area contributed by atoms with E-state index >= 15 is 0 Å². The summed E-state index contributed by atoms with van der Waals surface area (Å²) in [7, 11) is 0. The standard InChI is InChI=1S/C59H53N4O.Pt/c1-57(2,3)43-22-17-23-45(35-43)61-39-62(53-25-16-15-24-52(53)61)46-27-30-50(59(7,8)42-20-13-10-14-21-42)55(37-46)64-47-28-29-48-49-34-41(40-18-11-9-12-19-40)26-31-51(49)63(54(48)38-47)56-36-44(32-33-60-56)58(4,5)6;/h9-36,39H,1-8H3;/q-3;. The second-order valence-electron chi connectivity index (χ2n) is 19.5. The van der Waals surface area contributed by atoms with Crippen molar-refractivity contribution in [1.29, 1.82) is 0 Å². The third kappa shape index (κ3) is 8.17. The minimum Gasteiger partial charge on any atom is -0.509 e. The van der Waals surface area contributed by atoms with Crippen molar-refractivity contribution in [3.05, 3.63) is 211 Å². The van der Waals surface area contributed by atoms with Gasteiger partial charge in [0.2, 0.25) is 0 Å². The van der Waals surface area contributed by atoms with Crippen LogP contribution in [0.25, 0.3) is 38.8 Å². The van der Waals surface area contributed by atoms with Crippen molar-refractivity contribution in [1.82, 2.24) is 9.55 Å². The third-order valence-corrected chi connectivity index (χ3v) is 12.8. The van der Waals surface area contributed by atoms with Crippen molar-refractivity contribution < 1.29 is 25.8 Å². The van der Waals surface area contributed by atoms with Gasteiger partial charge in [-0.3, -0.25) is 0 Å². The van der Waals surface area contributed by atoms with Crippen LogP contribution in [0, 0.1) is 18.8 Å². The van der Waals surface area contributed by atoms with Gasteiger partial charge in [-0.25, -0.2) is 4.98 Å². The molecule has 0 saturated heterocycles. The molecule has 9 aromatic rings. The van der Waals surface area contributed by atoms with E-state index in [1.54, 1.807) is 0 Å². The number of anilines is 4. The molecule has 0 aliphatic carbocycles. The Hall–Kier alpha value is -6.42. The average molecular weight is 1030 g/mol. The minimum atomic E-state index is -0.415. The molecule has 0 unspecified atom stereocenters. The van der Waals surface area contributed by atoms with Crippen LogP contribution in [-0.4, -0.2) is 9.55 Å². The summed E-state index contributed by atoms with van der Waals surface area (Å²) >= 11 is 0. The Balaban J connectivity index is 0.00000533. The maximum atomic E-state index is 7.14. The van der Waals surface area contributed by atoms with E-state index in [2.05, 4.69) is 246 Å². The number of para-hydroxylation sites is 2. The molecular formula is C59H53N4OPt-3. The Labute approximate surface area is 398 Å². The number of fused-ring (bicyclic) bond motifs is 4. The van der Waals surface area contributed by atoms with Crippen LogP contribution < -0.4 is 14.5 Å². The van der Waals surface area contributed by atoms with Crippen LogP contribution in [0.2, 0.25) is 0 Å². The third-order valence-electron chi connectivity index (χ3n) is 12.8. The van der Waals surface area contributed by atoms with E-state index < -0.39 is 5.41 Å². The molecule has 10 rings (SSSR count). The van der Waals surface area contributed by atoms with Crippen LogP contribution >= 0.6 is 0 Å². The Bertz CT molecular complexity index is 3180. The van der Waals surface area contributed by atoms with E-state index in [4.69, 9.17) is 9.72 Å². The van der Waals surface area contributed by atoms with Crippen molar-refractivity contribution in [3.63, 3.8) is 0 Å². The molecule has 0 N–H and O–H groups in total. The zero-order valence-electron chi connectivity index (χ0n) is 38.3. The first-order valence-electron chi connectivity index (χ1n) is 22.2. The molecule has 0 saturated carbocycles. The summed E-state index contributed by atoms with van der Waals surface area (Å²) < 4.78 is 9.37. The zero-order chi connectivity index (χ0) is 44.4. The summed E-state index contributed by atoms with van der Waals surface area (Å²) in [5.74, 6) is 2.08. The number of nitrogens with zero attached hydrogens (tertiary/aromatic N) is 4. The molecule has 0 spiro atoms. The number of pyridine rings is 1. The molecule has 5 nitrogen and oxygen atoms in total. The number of hydrogen-bond acceptors (Lipinski definition) is 4. The quantitative estimate of drug-likeness (QED) is 0.142. The Morgan fingerprint density at radius 1 is 0.538 bits per heavy atom. The molecule has 0 atom stereocenters. The van der Waals surface area contributed by atoms with Crippen LogP contribution in [0.1, 0.15) is 77.6 Å². The van der Waals surface area contributed by atoms with Crippen LogP contribution in [-0.2, 0) is 37.3 Å².